The Morgan fingerprint density at radius 3 is 2.62 bits per heavy atom. The SMILES string of the molecule is CC(O)c1ccc(CNC(=O)[C@@H]2CC[C@H](CN)O2)cc1.Cl. The van der Waals surface area contributed by atoms with E-state index >= 15 is 0 Å². The van der Waals surface area contributed by atoms with Gasteiger partial charge in [0.15, 0.2) is 0 Å². The van der Waals surface area contributed by atoms with Crippen molar-refractivity contribution < 1.29 is 14.6 Å². The molecule has 21 heavy (non-hydrogen) atoms. The fourth-order valence-electron chi connectivity index (χ4n) is 2.29. The second-order valence-corrected chi connectivity index (χ2v) is 5.20. The number of amides is 1. The summed E-state index contributed by atoms with van der Waals surface area (Å²) in [6.07, 6.45) is 0.738. The van der Waals surface area contributed by atoms with Crippen LogP contribution in [0, 0.1) is 0 Å². The van der Waals surface area contributed by atoms with E-state index < -0.39 is 6.10 Å². The summed E-state index contributed by atoms with van der Waals surface area (Å²) in [6, 6.07) is 7.53. The highest BCUT2D eigenvalue weighted by Crippen LogP contribution is 2.19. The van der Waals surface area contributed by atoms with Gasteiger partial charge in [0.2, 0.25) is 5.91 Å². The summed E-state index contributed by atoms with van der Waals surface area (Å²) in [5, 5.41) is 12.3. The lowest BCUT2D eigenvalue weighted by molar-refractivity contribution is -0.132. The van der Waals surface area contributed by atoms with Crippen LogP contribution in [0.4, 0.5) is 0 Å². The molecule has 5 nitrogen and oxygen atoms in total. The summed E-state index contributed by atoms with van der Waals surface area (Å²) < 4.78 is 5.54. The quantitative estimate of drug-likeness (QED) is 0.764. The molecule has 3 atom stereocenters. The van der Waals surface area contributed by atoms with Crippen LogP contribution in [0.1, 0.15) is 37.0 Å². The van der Waals surface area contributed by atoms with Crippen LogP contribution in [0.3, 0.4) is 0 Å². The third-order valence-corrected chi connectivity index (χ3v) is 3.59. The molecule has 1 unspecified atom stereocenters. The molecule has 0 aromatic heterocycles. The lowest BCUT2D eigenvalue weighted by atomic mass is 10.1. The molecule has 0 aliphatic carbocycles. The zero-order valence-electron chi connectivity index (χ0n) is 12.1. The van der Waals surface area contributed by atoms with Crippen molar-refractivity contribution in [3.8, 4) is 0 Å². The molecule has 0 spiro atoms. The number of hydrogen-bond acceptors (Lipinski definition) is 4. The summed E-state index contributed by atoms with van der Waals surface area (Å²) in [4.78, 5) is 11.9. The van der Waals surface area contributed by atoms with Gasteiger partial charge in [0.05, 0.1) is 12.2 Å². The summed E-state index contributed by atoms with van der Waals surface area (Å²) in [7, 11) is 0. The summed E-state index contributed by atoms with van der Waals surface area (Å²) in [5.41, 5.74) is 7.38. The molecule has 118 valence electrons. The number of carbonyl (C=O) groups is 1. The van der Waals surface area contributed by atoms with Crippen molar-refractivity contribution in [3.63, 3.8) is 0 Å². The van der Waals surface area contributed by atoms with Gasteiger partial charge in [-0.2, -0.15) is 0 Å². The minimum Gasteiger partial charge on any atom is -0.389 e. The standard InChI is InChI=1S/C15H22N2O3.ClH/c1-10(18)12-4-2-11(3-5-12)9-17-15(19)14-7-6-13(8-16)20-14;/h2-5,10,13-14,18H,6-9,16H2,1H3,(H,17,19);1H/t10?,13-,14+;/m1./s1. The molecule has 1 heterocycles. The maximum absolute atomic E-state index is 11.9. The molecule has 1 amide bonds. The molecule has 6 heteroatoms. The van der Waals surface area contributed by atoms with Crippen molar-refractivity contribution in [1.82, 2.24) is 5.32 Å². The number of ether oxygens (including phenoxy) is 1. The summed E-state index contributed by atoms with van der Waals surface area (Å²) in [5.74, 6) is -0.0828. The fraction of sp³-hybridized carbons (Fsp3) is 0.533. The van der Waals surface area contributed by atoms with Crippen molar-refractivity contribution in [2.24, 2.45) is 5.73 Å². The van der Waals surface area contributed by atoms with Crippen LogP contribution in [0.2, 0.25) is 0 Å². The molecular formula is C15H23ClN2O3. The third-order valence-electron chi connectivity index (χ3n) is 3.59. The van der Waals surface area contributed by atoms with Gasteiger partial charge in [-0.1, -0.05) is 24.3 Å². The molecule has 0 saturated carbocycles. The number of carbonyl (C=O) groups excluding carboxylic acids is 1. The average molecular weight is 315 g/mol. The minimum absolute atomic E-state index is 0. The van der Waals surface area contributed by atoms with Gasteiger partial charge in [0.1, 0.15) is 6.10 Å². The Balaban J connectivity index is 0.00000220. The molecule has 1 fully saturated rings. The van der Waals surface area contributed by atoms with Gasteiger partial charge in [0.25, 0.3) is 0 Å². The molecule has 4 N–H and O–H groups in total. The Labute approximate surface area is 131 Å². The Bertz CT molecular complexity index is 451. The predicted octanol–water partition coefficient (Wildman–Crippen LogP) is 1.28. The van der Waals surface area contributed by atoms with E-state index in [2.05, 4.69) is 5.32 Å². The molecule has 1 aliphatic rings. The third kappa shape index (κ3) is 4.97. The highest BCUT2D eigenvalue weighted by molar-refractivity contribution is 5.85. The average Bonchev–Trinajstić information content (AvgIpc) is 2.94. The highest BCUT2D eigenvalue weighted by atomic mass is 35.5. The van der Waals surface area contributed by atoms with Crippen LogP contribution in [-0.4, -0.2) is 29.8 Å². The first kappa shape index (κ1) is 17.9. The van der Waals surface area contributed by atoms with Crippen molar-refractivity contribution in [2.75, 3.05) is 6.54 Å². The van der Waals surface area contributed by atoms with Gasteiger partial charge in [-0.15, -0.1) is 12.4 Å². The molecule has 0 bridgehead atoms. The first-order valence-electron chi connectivity index (χ1n) is 7.00. The van der Waals surface area contributed by atoms with Crippen LogP contribution in [0.15, 0.2) is 24.3 Å². The molecule has 1 aromatic carbocycles. The van der Waals surface area contributed by atoms with Crippen molar-refractivity contribution in [3.05, 3.63) is 35.4 Å². The van der Waals surface area contributed by atoms with E-state index in [9.17, 15) is 9.90 Å². The van der Waals surface area contributed by atoms with Gasteiger partial charge < -0.3 is 20.9 Å². The van der Waals surface area contributed by atoms with Crippen LogP contribution in [0.5, 0.6) is 0 Å². The maximum atomic E-state index is 11.9. The molecule has 1 aromatic rings. The number of halogens is 1. The largest absolute Gasteiger partial charge is 0.389 e. The van der Waals surface area contributed by atoms with E-state index in [1.165, 1.54) is 0 Å². The lowest BCUT2D eigenvalue weighted by Crippen LogP contribution is -2.35. The van der Waals surface area contributed by atoms with E-state index in [0.717, 1.165) is 24.0 Å². The summed E-state index contributed by atoms with van der Waals surface area (Å²) >= 11 is 0. The van der Waals surface area contributed by atoms with Crippen molar-refractivity contribution in [2.45, 2.75) is 44.6 Å². The number of hydrogen-bond donors (Lipinski definition) is 3. The van der Waals surface area contributed by atoms with E-state index in [1.54, 1.807) is 6.92 Å². The lowest BCUT2D eigenvalue weighted by Gasteiger charge is -2.13. The number of nitrogens with one attached hydrogen (secondary N) is 1. The Hall–Kier alpha value is -1.14. The maximum Gasteiger partial charge on any atom is 0.249 e. The first-order chi connectivity index (χ1) is 9.60. The van der Waals surface area contributed by atoms with E-state index in [0.29, 0.717) is 13.1 Å². The molecule has 2 rings (SSSR count). The van der Waals surface area contributed by atoms with Crippen LogP contribution >= 0.6 is 12.4 Å². The van der Waals surface area contributed by atoms with Crippen molar-refractivity contribution in [1.29, 1.82) is 0 Å². The molecule has 1 saturated heterocycles. The highest BCUT2D eigenvalue weighted by Gasteiger charge is 2.29. The molecule has 1 aliphatic heterocycles. The fourth-order valence-corrected chi connectivity index (χ4v) is 2.29. The Morgan fingerprint density at radius 2 is 2.10 bits per heavy atom. The van der Waals surface area contributed by atoms with E-state index in [4.69, 9.17) is 10.5 Å². The smallest absolute Gasteiger partial charge is 0.249 e. The number of benzene rings is 1. The second kappa shape index (κ2) is 8.34. The van der Waals surface area contributed by atoms with E-state index in [-0.39, 0.29) is 30.5 Å². The first-order valence-corrected chi connectivity index (χ1v) is 7.00. The van der Waals surface area contributed by atoms with Crippen molar-refractivity contribution >= 4 is 18.3 Å². The number of aliphatic hydroxyl groups excluding tert-OH is 1. The van der Waals surface area contributed by atoms with Gasteiger partial charge in [-0.05, 0) is 30.9 Å². The topological polar surface area (TPSA) is 84.6 Å². The molecular weight excluding hydrogens is 292 g/mol. The Morgan fingerprint density at radius 1 is 1.43 bits per heavy atom. The van der Waals surface area contributed by atoms with Gasteiger partial charge in [-0.25, -0.2) is 0 Å². The normalized spacial score (nSPS) is 22.4. The number of nitrogens with two attached hydrogens (primary N) is 1. The summed E-state index contributed by atoms with van der Waals surface area (Å²) in [6.45, 7) is 2.65. The number of aliphatic hydroxyl groups is 1. The zero-order valence-corrected chi connectivity index (χ0v) is 12.9. The van der Waals surface area contributed by atoms with Gasteiger partial charge >= 0.3 is 0 Å². The van der Waals surface area contributed by atoms with Gasteiger partial charge in [0, 0.05) is 13.1 Å². The zero-order chi connectivity index (χ0) is 14.5. The van der Waals surface area contributed by atoms with Crippen LogP contribution in [-0.2, 0) is 16.1 Å². The number of rotatable bonds is 5. The monoisotopic (exact) mass is 314 g/mol. The predicted molar refractivity (Wildman–Crippen MR) is 83.1 cm³/mol. The molecule has 0 radical (unpaired) electrons. The van der Waals surface area contributed by atoms with Crippen LogP contribution < -0.4 is 11.1 Å². The Kier molecular flexibility index (Phi) is 7.11. The van der Waals surface area contributed by atoms with Gasteiger partial charge in [-0.3, -0.25) is 4.79 Å². The van der Waals surface area contributed by atoms with E-state index in [1.807, 2.05) is 24.3 Å². The minimum atomic E-state index is -0.473. The second-order valence-electron chi connectivity index (χ2n) is 5.20. The van der Waals surface area contributed by atoms with Crippen LogP contribution in [0.25, 0.3) is 0 Å².